The highest BCUT2D eigenvalue weighted by molar-refractivity contribution is 5.68. The van der Waals surface area contributed by atoms with Gasteiger partial charge in [-0.2, -0.15) is 0 Å². The number of anilines is 1. The molecule has 0 saturated carbocycles. The molecular formula is C13H13N3O4. The summed E-state index contributed by atoms with van der Waals surface area (Å²) in [7, 11) is 1.54. The highest BCUT2D eigenvalue weighted by atomic mass is 16.5. The average Bonchev–Trinajstić information content (AvgIpc) is 2.44. The molecule has 20 heavy (non-hydrogen) atoms. The van der Waals surface area contributed by atoms with Crippen LogP contribution in [0.4, 0.5) is 5.69 Å². The number of methoxy groups -OCH3 is 1. The van der Waals surface area contributed by atoms with E-state index in [1.165, 1.54) is 13.3 Å². The number of ether oxygens (including phenoxy) is 1. The van der Waals surface area contributed by atoms with Crippen molar-refractivity contribution in [2.45, 2.75) is 6.54 Å². The fourth-order valence-corrected chi connectivity index (χ4v) is 1.76. The van der Waals surface area contributed by atoms with E-state index in [9.17, 15) is 9.59 Å². The number of aromatic nitrogens is 2. The zero-order valence-electron chi connectivity index (χ0n) is 10.7. The summed E-state index contributed by atoms with van der Waals surface area (Å²) in [6.45, 7) is -0.502. The third-order valence-corrected chi connectivity index (χ3v) is 2.72. The normalized spacial score (nSPS) is 10.2. The van der Waals surface area contributed by atoms with E-state index >= 15 is 0 Å². The van der Waals surface area contributed by atoms with Gasteiger partial charge in [-0.05, 0) is 24.3 Å². The first kappa shape index (κ1) is 13.6. The number of hydrogen-bond donors (Lipinski definition) is 2. The molecule has 0 radical (unpaired) electrons. The van der Waals surface area contributed by atoms with E-state index in [0.717, 1.165) is 4.57 Å². The maximum atomic E-state index is 11.9. The number of nitrogen functional groups attached to an aromatic ring is 1. The summed E-state index contributed by atoms with van der Waals surface area (Å²) < 4.78 is 6.07. The van der Waals surface area contributed by atoms with E-state index in [1.54, 1.807) is 24.3 Å². The predicted octanol–water partition coefficient (Wildman–Crippen LogP) is 0.586. The largest absolute Gasteiger partial charge is 0.497 e. The molecule has 0 saturated heterocycles. The first-order chi connectivity index (χ1) is 9.52. The molecule has 0 fully saturated rings. The van der Waals surface area contributed by atoms with Crippen molar-refractivity contribution in [3.8, 4) is 17.1 Å². The number of rotatable bonds is 4. The first-order valence-electron chi connectivity index (χ1n) is 5.74. The first-order valence-corrected chi connectivity index (χ1v) is 5.74. The van der Waals surface area contributed by atoms with Gasteiger partial charge in [0, 0.05) is 5.56 Å². The molecule has 7 heteroatoms. The van der Waals surface area contributed by atoms with E-state index in [1.807, 2.05) is 0 Å². The molecule has 1 heterocycles. The van der Waals surface area contributed by atoms with Gasteiger partial charge in [0.15, 0.2) is 0 Å². The molecule has 7 nitrogen and oxygen atoms in total. The van der Waals surface area contributed by atoms with Crippen molar-refractivity contribution in [2.24, 2.45) is 0 Å². The van der Waals surface area contributed by atoms with Gasteiger partial charge in [-0.15, -0.1) is 0 Å². The van der Waals surface area contributed by atoms with Crippen LogP contribution in [0.25, 0.3) is 11.4 Å². The number of carbonyl (C=O) groups is 1. The van der Waals surface area contributed by atoms with Gasteiger partial charge in [-0.3, -0.25) is 14.2 Å². The second-order valence-electron chi connectivity index (χ2n) is 4.05. The van der Waals surface area contributed by atoms with Crippen molar-refractivity contribution >= 4 is 11.7 Å². The lowest BCUT2D eigenvalue weighted by Crippen LogP contribution is -2.28. The van der Waals surface area contributed by atoms with E-state index in [-0.39, 0.29) is 11.5 Å². The van der Waals surface area contributed by atoms with Crippen LogP contribution in [0.15, 0.2) is 35.3 Å². The zero-order valence-corrected chi connectivity index (χ0v) is 10.7. The Kier molecular flexibility index (Phi) is 3.69. The Bertz CT molecular complexity index is 692. The molecule has 0 bridgehead atoms. The molecule has 0 aliphatic rings. The summed E-state index contributed by atoms with van der Waals surface area (Å²) in [6.07, 6.45) is 1.22. The van der Waals surface area contributed by atoms with Crippen molar-refractivity contribution in [3.05, 3.63) is 40.8 Å². The van der Waals surface area contributed by atoms with Crippen molar-refractivity contribution in [1.82, 2.24) is 9.55 Å². The molecule has 1 aromatic heterocycles. The quantitative estimate of drug-likeness (QED) is 0.845. The van der Waals surface area contributed by atoms with E-state index in [0.29, 0.717) is 11.3 Å². The SMILES string of the molecule is COc1ccc(-c2ncc(N)c(=O)n2CC(=O)O)cc1. The highest BCUT2D eigenvalue weighted by Crippen LogP contribution is 2.20. The lowest BCUT2D eigenvalue weighted by molar-refractivity contribution is -0.137. The standard InChI is InChI=1S/C13H13N3O4/c1-20-9-4-2-8(3-5-9)12-15-6-10(14)13(19)16(12)7-11(17)18/h2-6H,7,14H2,1H3,(H,17,18). The van der Waals surface area contributed by atoms with Crippen molar-refractivity contribution in [3.63, 3.8) is 0 Å². The average molecular weight is 275 g/mol. The van der Waals surface area contributed by atoms with Crippen LogP contribution in [0.1, 0.15) is 0 Å². The number of nitrogens with zero attached hydrogens (tertiary/aromatic N) is 2. The fourth-order valence-electron chi connectivity index (χ4n) is 1.76. The molecule has 2 aromatic rings. The molecule has 0 unspecified atom stereocenters. The number of carboxylic acid groups (broad SMARTS) is 1. The van der Waals surface area contributed by atoms with Crippen LogP contribution in [-0.4, -0.2) is 27.7 Å². The molecule has 0 amide bonds. The third-order valence-electron chi connectivity index (χ3n) is 2.72. The minimum Gasteiger partial charge on any atom is -0.497 e. The lowest BCUT2D eigenvalue weighted by Gasteiger charge is -2.11. The van der Waals surface area contributed by atoms with Gasteiger partial charge in [0.1, 0.15) is 23.8 Å². The molecule has 0 aliphatic carbocycles. The molecule has 0 aliphatic heterocycles. The molecular weight excluding hydrogens is 262 g/mol. The van der Waals surface area contributed by atoms with Crippen LogP contribution in [-0.2, 0) is 11.3 Å². The Balaban J connectivity index is 2.57. The van der Waals surface area contributed by atoms with Crippen molar-refractivity contribution in [2.75, 3.05) is 12.8 Å². The molecule has 1 aromatic carbocycles. The Morgan fingerprint density at radius 3 is 2.60 bits per heavy atom. The minimum absolute atomic E-state index is 0.0940. The number of carboxylic acids is 1. The Morgan fingerprint density at radius 1 is 1.40 bits per heavy atom. The highest BCUT2D eigenvalue weighted by Gasteiger charge is 2.13. The summed E-state index contributed by atoms with van der Waals surface area (Å²) in [5, 5.41) is 8.89. The maximum absolute atomic E-state index is 11.9. The number of hydrogen-bond acceptors (Lipinski definition) is 5. The third kappa shape index (κ3) is 2.61. The monoisotopic (exact) mass is 275 g/mol. The second-order valence-corrected chi connectivity index (χ2v) is 4.05. The fraction of sp³-hybridized carbons (Fsp3) is 0.154. The summed E-state index contributed by atoms with van der Waals surface area (Å²) >= 11 is 0. The molecule has 2 rings (SSSR count). The lowest BCUT2D eigenvalue weighted by atomic mass is 10.2. The summed E-state index contributed by atoms with van der Waals surface area (Å²) in [6, 6.07) is 6.77. The van der Waals surface area contributed by atoms with Crippen LogP contribution < -0.4 is 16.0 Å². The van der Waals surface area contributed by atoms with Gasteiger partial charge in [0.05, 0.1) is 13.3 Å². The maximum Gasteiger partial charge on any atom is 0.323 e. The van der Waals surface area contributed by atoms with E-state index in [4.69, 9.17) is 15.6 Å². The Hall–Kier alpha value is -2.83. The number of benzene rings is 1. The van der Waals surface area contributed by atoms with Crippen LogP contribution in [0.5, 0.6) is 5.75 Å². The Morgan fingerprint density at radius 2 is 2.05 bits per heavy atom. The number of aliphatic carboxylic acids is 1. The van der Waals surface area contributed by atoms with Crippen LogP contribution in [0.2, 0.25) is 0 Å². The smallest absolute Gasteiger partial charge is 0.323 e. The summed E-state index contributed by atoms with van der Waals surface area (Å²) in [5.74, 6) is -0.250. The predicted molar refractivity (Wildman–Crippen MR) is 72.5 cm³/mol. The number of nitrogens with two attached hydrogens (primary N) is 1. The molecule has 104 valence electrons. The molecule has 0 spiro atoms. The van der Waals surface area contributed by atoms with Gasteiger partial charge in [-0.25, -0.2) is 4.98 Å². The molecule has 0 atom stereocenters. The van der Waals surface area contributed by atoms with E-state index < -0.39 is 18.1 Å². The topological polar surface area (TPSA) is 107 Å². The minimum atomic E-state index is -1.14. The van der Waals surface area contributed by atoms with Crippen LogP contribution >= 0.6 is 0 Å². The van der Waals surface area contributed by atoms with Gasteiger partial charge in [-0.1, -0.05) is 0 Å². The summed E-state index contributed by atoms with van der Waals surface area (Å²) in [4.78, 5) is 26.9. The van der Waals surface area contributed by atoms with Crippen molar-refractivity contribution < 1.29 is 14.6 Å². The van der Waals surface area contributed by atoms with E-state index in [2.05, 4.69) is 4.98 Å². The van der Waals surface area contributed by atoms with Crippen LogP contribution in [0, 0.1) is 0 Å². The second kappa shape index (κ2) is 5.43. The Labute approximate surface area is 114 Å². The summed E-state index contributed by atoms with van der Waals surface area (Å²) in [5.41, 5.74) is 5.41. The zero-order chi connectivity index (χ0) is 14.7. The van der Waals surface area contributed by atoms with Crippen LogP contribution in [0.3, 0.4) is 0 Å². The van der Waals surface area contributed by atoms with Gasteiger partial charge in [0.25, 0.3) is 5.56 Å². The van der Waals surface area contributed by atoms with Gasteiger partial charge in [0.2, 0.25) is 0 Å². The van der Waals surface area contributed by atoms with Crippen molar-refractivity contribution in [1.29, 1.82) is 0 Å². The van der Waals surface area contributed by atoms with Gasteiger partial charge >= 0.3 is 5.97 Å². The van der Waals surface area contributed by atoms with Gasteiger partial charge < -0.3 is 15.6 Å². The molecule has 3 N–H and O–H groups in total.